The van der Waals surface area contributed by atoms with Gasteiger partial charge in [0.2, 0.25) is 0 Å². The van der Waals surface area contributed by atoms with E-state index in [-0.39, 0.29) is 5.82 Å². The van der Waals surface area contributed by atoms with E-state index in [0.717, 1.165) is 25.7 Å². The molecular weight excluding hydrogens is 227 g/mol. The number of halogens is 2. The van der Waals surface area contributed by atoms with Gasteiger partial charge in [0.05, 0.1) is 5.60 Å². The Balaban J connectivity index is 2.15. The molecule has 0 unspecified atom stereocenters. The number of aliphatic hydroxyl groups is 1. The number of rotatable bonds is 2. The molecule has 0 radical (unpaired) electrons. The summed E-state index contributed by atoms with van der Waals surface area (Å²) in [5.41, 5.74) is -0.207. The largest absolute Gasteiger partial charge is 0.390 e. The molecule has 1 fully saturated rings. The van der Waals surface area contributed by atoms with Crippen LogP contribution in [-0.4, -0.2) is 10.7 Å². The topological polar surface area (TPSA) is 20.2 Å². The minimum Gasteiger partial charge on any atom is -0.390 e. The molecule has 1 nitrogen and oxygen atoms in total. The molecule has 0 spiro atoms. The van der Waals surface area contributed by atoms with Gasteiger partial charge in [0, 0.05) is 11.4 Å². The summed E-state index contributed by atoms with van der Waals surface area (Å²) in [4.78, 5) is 0. The van der Waals surface area contributed by atoms with E-state index in [1.165, 1.54) is 18.6 Å². The van der Waals surface area contributed by atoms with E-state index >= 15 is 0 Å². The van der Waals surface area contributed by atoms with Crippen molar-refractivity contribution in [2.45, 2.75) is 44.1 Å². The highest BCUT2D eigenvalue weighted by Gasteiger charge is 2.30. The maximum absolute atomic E-state index is 13.5. The molecule has 16 heavy (non-hydrogen) atoms. The fourth-order valence-electron chi connectivity index (χ4n) is 2.42. The van der Waals surface area contributed by atoms with Gasteiger partial charge >= 0.3 is 0 Å². The molecule has 1 aliphatic carbocycles. The fourth-order valence-corrected chi connectivity index (χ4v) is 2.61. The van der Waals surface area contributed by atoms with Crippen molar-refractivity contribution < 1.29 is 9.50 Å². The lowest BCUT2D eigenvalue weighted by atomic mass is 9.80. The van der Waals surface area contributed by atoms with Crippen LogP contribution in [0.5, 0.6) is 0 Å². The van der Waals surface area contributed by atoms with Gasteiger partial charge in [-0.2, -0.15) is 0 Å². The molecule has 0 aromatic heterocycles. The zero-order valence-corrected chi connectivity index (χ0v) is 9.93. The van der Waals surface area contributed by atoms with Crippen LogP contribution in [0.2, 0.25) is 5.02 Å². The standard InChI is InChI=1S/C13H16ClFO/c14-11-4-5-12(15)10(8-11)9-13(16)6-2-1-3-7-13/h4-5,8,16H,1-3,6-7,9H2. The van der Waals surface area contributed by atoms with Crippen LogP contribution >= 0.6 is 11.6 Å². The van der Waals surface area contributed by atoms with Crippen LogP contribution in [0.3, 0.4) is 0 Å². The quantitative estimate of drug-likeness (QED) is 0.838. The summed E-state index contributed by atoms with van der Waals surface area (Å²) in [6, 6.07) is 4.51. The second kappa shape index (κ2) is 4.72. The molecule has 0 bridgehead atoms. The molecule has 1 N–H and O–H groups in total. The Kier molecular flexibility index (Phi) is 3.50. The first-order valence-corrected chi connectivity index (χ1v) is 6.13. The molecule has 0 aliphatic heterocycles. The third-order valence-electron chi connectivity index (χ3n) is 3.31. The summed E-state index contributed by atoms with van der Waals surface area (Å²) < 4.78 is 13.5. The van der Waals surface area contributed by atoms with Gasteiger partial charge in [-0.1, -0.05) is 30.9 Å². The Bertz CT molecular complexity index is 372. The van der Waals surface area contributed by atoms with Crippen molar-refractivity contribution in [2.24, 2.45) is 0 Å². The van der Waals surface area contributed by atoms with Gasteiger partial charge in [0.15, 0.2) is 0 Å². The Hall–Kier alpha value is -0.600. The Morgan fingerprint density at radius 3 is 2.62 bits per heavy atom. The lowest BCUT2D eigenvalue weighted by molar-refractivity contribution is 0.00380. The number of benzene rings is 1. The maximum Gasteiger partial charge on any atom is 0.126 e. The summed E-state index contributed by atoms with van der Waals surface area (Å²) >= 11 is 5.83. The van der Waals surface area contributed by atoms with Crippen LogP contribution < -0.4 is 0 Å². The second-order valence-electron chi connectivity index (χ2n) is 4.70. The molecule has 1 aromatic rings. The molecule has 3 heteroatoms. The van der Waals surface area contributed by atoms with E-state index in [9.17, 15) is 9.50 Å². The summed E-state index contributed by atoms with van der Waals surface area (Å²) in [5.74, 6) is -0.275. The first kappa shape index (κ1) is 11.9. The molecule has 2 rings (SSSR count). The van der Waals surface area contributed by atoms with E-state index in [1.807, 2.05) is 0 Å². The van der Waals surface area contributed by atoms with Gasteiger partial charge in [0.1, 0.15) is 5.82 Å². The highest BCUT2D eigenvalue weighted by atomic mass is 35.5. The van der Waals surface area contributed by atoms with Crippen LogP contribution in [0, 0.1) is 5.82 Å². The lowest BCUT2D eigenvalue weighted by Crippen LogP contribution is -2.34. The molecule has 0 atom stereocenters. The number of hydrogen-bond donors (Lipinski definition) is 1. The summed E-state index contributed by atoms with van der Waals surface area (Å²) in [5, 5.41) is 10.9. The van der Waals surface area contributed by atoms with Gasteiger partial charge < -0.3 is 5.11 Å². The van der Waals surface area contributed by atoms with Gasteiger partial charge in [-0.25, -0.2) is 4.39 Å². The van der Waals surface area contributed by atoms with E-state index in [0.29, 0.717) is 17.0 Å². The Morgan fingerprint density at radius 2 is 1.94 bits per heavy atom. The van der Waals surface area contributed by atoms with Crippen molar-refractivity contribution in [3.63, 3.8) is 0 Å². The Labute approximate surface area is 100 Å². The van der Waals surface area contributed by atoms with Crippen molar-refractivity contribution in [1.29, 1.82) is 0 Å². The van der Waals surface area contributed by atoms with E-state index in [4.69, 9.17) is 11.6 Å². The first-order valence-electron chi connectivity index (χ1n) is 5.75. The number of hydrogen-bond acceptors (Lipinski definition) is 1. The van der Waals surface area contributed by atoms with Crippen LogP contribution in [-0.2, 0) is 6.42 Å². The SMILES string of the molecule is OC1(Cc2cc(Cl)ccc2F)CCCCC1. The smallest absolute Gasteiger partial charge is 0.126 e. The van der Waals surface area contributed by atoms with Gasteiger partial charge in [0.25, 0.3) is 0 Å². The highest BCUT2D eigenvalue weighted by Crippen LogP contribution is 2.32. The molecule has 0 heterocycles. The molecule has 0 saturated heterocycles. The van der Waals surface area contributed by atoms with Crippen LogP contribution in [0.15, 0.2) is 18.2 Å². The third kappa shape index (κ3) is 2.74. The summed E-state index contributed by atoms with van der Waals surface area (Å²) in [6.07, 6.45) is 5.12. The first-order chi connectivity index (χ1) is 7.59. The van der Waals surface area contributed by atoms with Crippen molar-refractivity contribution >= 4 is 11.6 Å². The zero-order valence-electron chi connectivity index (χ0n) is 9.18. The molecule has 1 aliphatic rings. The minimum absolute atomic E-state index is 0.275. The minimum atomic E-state index is -0.732. The lowest BCUT2D eigenvalue weighted by Gasteiger charge is -2.32. The molecule has 88 valence electrons. The third-order valence-corrected chi connectivity index (χ3v) is 3.55. The molecule has 1 aromatic carbocycles. The summed E-state index contributed by atoms with van der Waals surface area (Å²) in [6.45, 7) is 0. The summed E-state index contributed by atoms with van der Waals surface area (Å²) in [7, 11) is 0. The van der Waals surface area contributed by atoms with E-state index in [1.54, 1.807) is 6.07 Å². The normalized spacial score (nSPS) is 19.7. The van der Waals surface area contributed by atoms with Crippen molar-refractivity contribution in [3.8, 4) is 0 Å². The second-order valence-corrected chi connectivity index (χ2v) is 5.13. The average Bonchev–Trinajstić information content (AvgIpc) is 2.24. The van der Waals surface area contributed by atoms with Crippen LogP contribution in [0.1, 0.15) is 37.7 Å². The maximum atomic E-state index is 13.5. The van der Waals surface area contributed by atoms with Crippen molar-refractivity contribution in [2.75, 3.05) is 0 Å². The van der Waals surface area contributed by atoms with Crippen LogP contribution in [0.25, 0.3) is 0 Å². The van der Waals surface area contributed by atoms with E-state index in [2.05, 4.69) is 0 Å². The van der Waals surface area contributed by atoms with Gasteiger partial charge in [-0.15, -0.1) is 0 Å². The zero-order chi connectivity index (χ0) is 11.6. The van der Waals surface area contributed by atoms with Gasteiger partial charge in [-0.3, -0.25) is 0 Å². The predicted molar refractivity (Wildman–Crippen MR) is 63.1 cm³/mol. The molecular formula is C13H16ClFO. The highest BCUT2D eigenvalue weighted by molar-refractivity contribution is 6.30. The van der Waals surface area contributed by atoms with Gasteiger partial charge in [-0.05, 0) is 36.6 Å². The Morgan fingerprint density at radius 1 is 1.25 bits per heavy atom. The van der Waals surface area contributed by atoms with Crippen LogP contribution in [0.4, 0.5) is 4.39 Å². The molecule has 0 amide bonds. The molecule has 1 saturated carbocycles. The van der Waals surface area contributed by atoms with E-state index < -0.39 is 5.60 Å². The van der Waals surface area contributed by atoms with Crippen molar-refractivity contribution in [1.82, 2.24) is 0 Å². The van der Waals surface area contributed by atoms with Crippen molar-refractivity contribution in [3.05, 3.63) is 34.6 Å². The monoisotopic (exact) mass is 242 g/mol. The predicted octanol–water partition coefficient (Wildman–Crippen LogP) is 3.72. The average molecular weight is 243 g/mol. The fraction of sp³-hybridized carbons (Fsp3) is 0.538.